The molecule has 2 N–H and O–H groups in total. The standard InChI is InChI=1S/C34H33NO2/c1-23-20-25(33(36)29(21-23)34(2,3)26-14-6-5-7-15-26)22-35-30-18-11-13-24-12-10-17-28(32(24)30)27-16-8-9-19-31(27)37-4/h5-21,35-36H,22H2,1-4H3. The first-order valence-electron chi connectivity index (χ1n) is 12.7. The number of aryl methyl sites for hydroxylation is 1. The van der Waals surface area contributed by atoms with Gasteiger partial charge >= 0.3 is 0 Å². The van der Waals surface area contributed by atoms with Gasteiger partial charge in [0, 0.05) is 39.7 Å². The van der Waals surface area contributed by atoms with E-state index in [2.05, 4.69) is 92.8 Å². The van der Waals surface area contributed by atoms with Crippen LogP contribution in [0.15, 0.2) is 103 Å². The normalized spacial score (nSPS) is 11.5. The third-order valence-corrected chi connectivity index (χ3v) is 7.27. The van der Waals surface area contributed by atoms with Gasteiger partial charge in [-0.05, 0) is 35.6 Å². The van der Waals surface area contributed by atoms with Gasteiger partial charge in [-0.25, -0.2) is 0 Å². The van der Waals surface area contributed by atoms with Gasteiger partial charge in [0.1, 0.15) is 11.5 Å². The Bertz CT molecular complexity index is 1550. The van der Waals surface area contributed by atoms with Crippen LogP contribution in [-0.4, -0.2) is 12.2 Å². The molecule has 0 aliphatic carbocycles. The van der Waals surface area contributed by atoms with Crippen LogP contribution >= 0.6 is 0 Å². The molecule has 5 aromatic rings. The molecule has 0 atom stereocenters. The van der Waals surface area contributed by atoms with E-state index >= 15 is 0 Å². The fourth-order valence-corrected chi connectivity index (χ4v) is 5.25. The van der Waals surface area contributed by atoms with Gasteiger partial charge in [-0.15, -0.1) is 0 Å². The van der Waals surface area contributed by atoms with Crippen molar-refractivity contribution in [3.8, 4) is 22.6 Å². The number of hydrogen-bond donors (Lipinski definition) is 2. The molecular weight excluding hydrogens is 454 g/mol. The SMILES string of the molecule is COc1ccccc1-c1cccc2cccc(NCc3cc(C)cc(C(C)(C)c4ccccc4)c3O)c12. The predicted molar refractivity (Wildman–Crippen MR) is 155 cm³/mol. The maximum Gasteiger partial charge on any atom is 0.126 e. The van der Waals surface area contributed by atoms with Crippen LogP contribution in [-0.2, 0) is 12.0 Å². The minimum Gasteiger partial charge on any atom is -0.507 e. The highest BCUT2D eigenvalue weighted by Gasteiger charge is 2.27. The minimum absolute atomic E-state index is 0.331. The molecule has 3 nitrogen and oxygen atoms in total. The highest BCUT2D eigenvalue weighted by molar-refractivity contribution is 6.05. The quantitative estimate of drug-likeness (QED) is 0.242. The van der Waals surface area contributed by atoms with Crippen LogP contribution in [0.2, 0.25) is 0 Å². The summed E-state index contributed by atoms with van der Waals surface area (Å²) < 4.78 is 5.67. The van der Waals surface area contributed by atoms with Gasteiger partial charge in [0.25, 0.3) is 0 Å². The summed E-state index contributed by atoms with van der Waals surface area (Å²) in [6.45, 7) is 6.92. The van der Waals surface area contributed by atoms with E-state index in [1.807, 2.05) is 36.4 Å². The molecule has 37 heavy (non-hydrogen) atoms. The summed E-state index contributed by atoms with van der Waals surface area (Å²) in [5, 5.41) is 17.4. The van der Waals surface area contributed by atoms with Crippen molar-refractivity contribution in [3.05, 3.63) is 125 Å². The van der Waals surface area contributed by atoms with Crippen LogP contribution in [0, 0.1) is 6.92 Å². The lowest BCUT2D eigenvalue weighted by Crippen LogP contribution is -2.20. The van der Waals surface area contributed by atoms with Crippen molar-refractivity contribution in [1.82, 2.24) is 0 Å². The van der Waals surface area contributed by atoms with Gasteiger partial charge in [0.05, 0.1) is 7.11 Å². The topological polar surface area (TPSA) is 41.5 Å². The van der Waals surface area contributed by atoms with Crippen molar-refractivity contribution < 1.29 is 9.84 Å². The Morgan fingerprint density at radius 1 is 0.784 bits per heavy atom. The summed E-state index contributed by atoms with van der Waals surface area (Å²) >= 11 is 0. The molecule has 0 unspecified atom stereocenters. The number of phenols is 1. The molecule has 0 heterocycles. The molecule has 5 rings (SSSR count). The monoisotopic (exact) mass is 487 g/mol. The molecule has 0 bridgehead atoms. The van der Waals surface area contributed by atoms with Gasteiger partial charge in [-0.2, -0.15) is 0 Å². The van der Waals surface area contributed by atoms with Crippen molar-refractivity contribution in [2.45, 2.75) is 32.7 Å². The fraction of sp³-hybridized carbons (Fsp3) is 0.176. The molecule has 0 radical (unpaired) electrons. The Kier molecular flexibility index (Phi) is 6.62. The zero-order valence-electron chi connectivity index (χ0n) is 21.9. The molecule has 3 heteroatoms. The molecule has 0 saturated carbocycles. The lowest BCUT2D eigenvalue weighted by atomic mass is 9.76. The molecule has 5 aromatic carbocycles. The largest absolute Gasteiger partial charge is 0.507 e. The first kappa shape index (κ1) is 24.5. The zero-order valence-corrected chi connectivity index (χ0v) is 21.9. The van der Waals surface area contributed by atoms with Gasteiger partial charge in [0.2, 0.25) is 0 Å². The van der Waals surface area contributed by atoms with Crippen molar-refractivity contribution in [2.75, 3.05) is 12.4 Å². The summed E-state index contributed by atoms with van der Waals surface area (Å²) in [6.07, 6.45) is 0. The number of phenolic OH excluding ortho intramolecular Hbond substituents is 1. The van der Waals surface area contributed by atoms with Crippen molar-refractivity contribution >= 4 is 16.5 Å². The van der Waals surface area contributed by atoms with E-state index in [0.717, 1.165) is 50.0 Å². The molecule has 0 aromatic heterocycles. The second kappa shape index (κ2) is 10.0. The first-order chi connectivity index (χ1) is 17.9. The van der Waals surface area contributed by atoms with Crippen LogP contribution in [0.3, 0.4) is 0 Å². The number of benzene rings is 5. The zero-order chi connectivity index (χ0) is 26.0. The summed E-state index contributed by atoms with van der Waals surface area (Å²) in [5.41, 5.74) is 6.96. The van der Waals surface area contributed by atoms with Crippen molar-refractivity contribution in [2.24, 2.45) is 0 Å². The molecule has 0 aliphatic heterocycles. The van der Waals surface area contributed by atoms with E-state index in [0.29, 0.717) is 12.3 Å². The Morgan fingerprint density at radius 2 is 1.46 bits per heavy atom. The lowest BCUT2D eigenvalue weighted by molar-refractivity contribution is 0.416. The van der Waals surface area contributed by atoms with E-state index in [1.165, 1.54) is 5.56 Å². The van der Waals surface area contributed by atoms with Crippen molar-refractivity contribution in [1.29, 1.82) is 0 Å². The average Bonchev–Trinajstić information content (AvgIpc) is 2.93. The minimum atomic E-state index is -0.331. The lowest BCUT2D eigenvalue weighted by Gasteiger charge is -2.28. The van der Waals surface area contributed by atoms with E-state index in [-0.39, 0.29) is 5.41 Å². The van der Waals surface area contributed by atoms with Gasteiger partial charge in [-0.1, -0.05) is 110 Å². The number of aromatic hydroxyl groups is 1. The molecule has 0 amide bonds. The smallest absolute Gasteiger partial charge is 0.126 e. The first-order valence-corrected chi connectivity index (χ1v) is 12.7. The maximum atomic E-state index is 11.4. The van der Waals surface area contributed by atoms with Gasteiger partial charge < -0.3 is 15.2 Å². The summed E-state index contributed by atoms with van der Waals surface area (Å²) in [5.74, 6) is 1.19. The molecule has 0 aliphatic rings. The molecule has 0 spiro atoms. The number of hydrogen-bond acceptors (Lipinski definition) is 3. The third-order valence-electron chi connectivity index (χ3n) is 7.27. The van der Waals surface area contributed by atoms with E-state index in [4.69, 9.17) is 4.74 Å². The predicted octanol–water partition coefficient (Wildman–Crippen LogP) is 8.47. The number of ether oxygens (including phenoxy) is 1. The van der Waals surface area contributed by atoms with Gasteiger partial charge in [0.15, 0.2) is 0 Å². The number of fused-ring (bicyclic) bond motifs is 1. The molecule has 186 valence electrons. The van der Waals surface area contributed by atoms with Crippen LogP contribution in [0.4, 0.5) is 5.69 Å². The Hall–Kier alpha value is -4.24. The number of anilines is 1. The average molecular weight is 488 g/mol. The molecular formula is C34H33NO2. The third kappa shape index (κ3) is 4.65. The molecule has 0 saturated heterocycles. The van der Waals surface area contributed by atoms with E-state index in [9.17, 15) is 5.11 Å². The fourth-order valence-electron chi connectivity index (χ4n) is 5.25. The van der Waals surface area contributed by atoms with E-state index < -0.39 is 0 Å². The maximum absolute atomic E-state index is 11.4. The summed E-state index contributed by atoms with van der Waals surface area (Å²) in [4.78, 5) is 0. The van der Waals surface area contributed by atoms with Crippen LogP contribution in [0.1, 0.15) is 36.1 Å². The highest BCUT2D eigenvalue weighted by Crippen LogP contribution is 2.41. The van der Waals surface area contributed by atoms with Gasteiger partial charge in [-0.3, -0.25) is 0 Å². The Labute approximate surface area is 219 Å². The van der Waals surface area contributed by atoms with Crippen molar-refractivity contribution in [3.63, 3.8) is 0 Å². The second-order valence-corrected chi connectivity index (χ2v) is 10.1. The van der Waals surface area contributed by atoms with Crippen LogP contribution in [0.5, 0.6) is 11.5 Å². The highest BCUT2D eigenvalue weighted by atomic mass is 16.5. The summed E-state index contributed by atoms with van der Waals surface area (Å²) in [7, 11) is 1.71. The Balaban J connectivity index is 1.55. The van der Waals surface area contributed by atoms with E-state index in [1.54, 1.807) is 7.11 Å². The number of rotatable bonds is 7. The number of nitrogens with one attached hydrogen (secondary N) is 1. The molecule has 0 fully saturated rings. The second-order valence-electron chi connectivity index (χ2n) is 10.1. The van der Waals surface area contributed by atoms with Crippen LogP contribution < -0.4 is 10.1 Å². The van der Waals surface area contributed by atoms with Crippen LogP contribution in [0.25, 0.3) is 21.9 Å². The summed E-state index contributed by atoms with van der Waals surface area (Å²) in [6, 6.07) is 35.3. The number of methoxy groups -OCH3 is 1. The number of para-hydroxylation sites is 1. The Morgan fingerprint density at radius 3 is 2.22 bits per heavy atom.